The molecule has 0 aromatic heterocycles. The van der Waals surface area contributed by atoms with Gasteiger partial charge in [0.2, 0.25) is 0 Å². The lowest BCUT2D eigenvalue weighted by Gasteiger charge is -2.11. The second kappa shape index (κ2) is 8.29. The fourth-order valence-corrected chi connectivity index (χ4v) is 2.06. The number of nitrogen functional groups attached to an aromatic ring is 1. The van der Waals surface area contributed by atoms with Crippen molar-refractivity contribution in [2.24, 2.45) is 0 Å². The zero-order valence-corrected chi connectivity index (χ0v) is 12.1. The Morgan fingerprint density at radius 3 is 2.52 bits per heavy atom. The van der Waals surface area contributed by atoms with Crippen LogP contribution in [0.5, 0.6) is 5.75 Å². The van der Waals surface area contributed by atoms with Gasteiger partial charge in [0.1, 0.15) is 12.4 Å². The second-order valence-corrected chi connectivity index (χ2v) is 4.87. The first-order chi connectivity index (χ1) is 10.3. The lowest BCUT2D eigenvalue weighted by molar-refractivity contribution is 0.293. The number of rotatable bonds is 8. The number of aliphatic hydroxyl groups excluding tert-OH is 1. The van der Waals surface area contributed by atoms with Crippen LogP contribution in [0.15, 0.2) is 48.5 Å². The first kappa shape index (κ1) is 15.4. The van der Waals surface area contributed by atoms with Crippen molar-refractivity contribution in [3.05, 3.63) is 59.7 Å². The highest BCUT2D eigenvalue weighted by molar-refractivity contribution is 5.54. The number of aliphatic hydroxyl groups is 1. The fraction of sp³-hybridized carbons (Fsp3) is 0.294. The molecular weight excluding hydrogens is 264 g/mol. The van der Waals surface area contributed by atoms with Gasteiger partial charge in [0, 0.05) is 6.54 Å². The molecule has 0 radical (unpaired) electrons. The van der Waals surface area contributed by atoms with Crippen molar-refractivity contribution >= 4 is 5.69 Å². The summed E-state index contributed by atoms with van der Waals surface area (Å²) in [6.45, 7) is 2.12. The Bertz CT molecular complexity index is 544. The van der Waals surface area contributed by atoms with Gasteiger partial charge in [-0.05, 0) is 36.2 Å². The van der Waals surface area contributed by atoms with Crippen molar-refractivity contribution in [3.63, 3.8) is 0 Å². The normalized spacial score (nSPS) is 10.5. The van der Waals surface area contributed by atoms with Crippen LogP contribution in [-0.2, 0) is 13.0 Å². The van der Waals surface area contributed by atoms with Gasteiger partial charge in [-0.15, -0.1) is 0 Å². The van der Waals surface area contributed by atoms with Crippen molar-refractivity contribution in [3.8, 4) is 5.75 Å². The minimum atomic E-state index is 0.161. The number of hydrogen-bond acceptors (Lipinski definition) is 4. The number of nitrogens with one attached hydrogen (secondary N) is 1. The first-order valence-electron chi connectivity index (χ1n) is 7.16. The van der Waals surface area contributed by atoms with Crippen LogP contribution in [0.25, 0.3) is 0 Å². The quantitative estimate of drug-likeness (QED) is 0.513. The maximum atomic E-state index is 8.70. The zero-order chi connectivity index (χ0) is 14.9. The average Bonchev–Trinajstić information content (AvgIpc) is 2.52. The molecule has 2 aromatic carbocycles. The lowest BCUT2D eigenvalue weighted by atomic mass is 10.1. The molecule has 0 unspecified atom stereocenters. The predicted octanol–water partition coefficient (Wildman–Crippen LogP) is 1.97. The molecular formula is C17H22N2O2. The molecule has 2 aromatic rings. The van der Waals surface area contributed by atoms with E-state index in [-0.39, 0.29) is 6.61 Å². The van der Waals surface area contributed by atoms with Crippen molar-refractivity contribution in [2.75, 3.05) is 25.4 Å². The van der Waals surface area contributed by atoms with E-state index in [0.29, 0.717) is 24.6 Å². The number of anilines is 1. The van der Waals surface area contributed by atoms with Gasteiger partial charge in [-0.2, -0.15) is 0 Å². The van der Waals surface area contributed by atoms with Gasteiger partial charge in [0.25, 0.3) is 0 Å². The third-order valence-electron chi connectivity index (χ3n) is 3.19. The van der Waals surface area contributed by atoms with E-state index in [1.54, 1.807) is 0 Å². The highest BCUT2D eigenvalue weighted by atomic mass is 16.5. The molecule has 112 valence electrons. The molecule has 0 saturated carbocycles. The summed E-state index contributed by atoms with van der Waals surface area (Å²) in [7, 11) is 0. The van der Waals surface area contributed by atoms with E-state index >= 15 is 0 Å². The van der Waals surface area contributed by atoms with Crippen molar-refractivity contribution in [1.82, 2.24) is 5.32 Å². The minimum Gasteiger partial charge on any atom is -0.487 e. The third kappa shape index (κ3) is 5.10. The third-order valence-corrected chi connectivity index (χ3v) is 3.19. The van der Waals surface area contributed by atoms with E-state index in [0.717, 1.165) is 24.1 Å². The van der Waals surface area contributed by atoms with E-state index in [1.807, 2.05) is 48.5 Å². The van der Waals surface area contributed by atoms with Crippen LogP contribution in [0, 0.1) is 0 Å². The van der Waals surface area contributed by atoms with E-state index in [1.165, 1.54) is 0 Å². The van der Waals surface area contributed by atoms with Crippen molar-refractivity contribution in [2.45, 2.75) is 13.0 Å². The van der Waals surface area contributed by atoms with Gasteiger partial charge in [0.05, 0.1) is 12.3 Å². The monoisotopic (exact) mass is 286 g/mol. The number of nitrogens with two attached hydrogens (primary N) is 1. The molecule has 0 bridgehead atoms. The maximum Gasteiger partial charge on any atom is 0.142 e. The molecule has 4 N–H and O–H groups in total. The fourth-order valence-electron chi connectivity index (χ4n) is 2.06. The van der Waals surface area contributed by atoms with E-state index in [4.69, 9.17) is 15.6 Å². The number of benzene rings is 2. The molecule has 0 fully saturated rings. The standard InChI is InChI=1S/C17H22N2O2/c18-16-12-14(8-9-19-10-11-20)6-7-17(16)21-13-15-4-2-1-3-5-15/h1-7,12,19-20H,8-11,13,18H2. The SMILES string of the molecule is Nc1cc(CCNCCO)ccc1OCc1ccccc1. The summed E-state index contributed by atoms with van der Waals surface area (Å²) in [6.07, 6.45) is 0.878. The Morgan fingerprint density at radius 1 is 1.00 bits per heavy atom. The molecule has 0 aliphatic carbocycles. The van der Waals surface area contributed by atoms with Crippen LogP contribution in [0.4, 0.5) is 5.69 Å². The second-order valence-electron chi connectivity index (χ2n) is 4.87. The molecule has 4 heteroatoms. The Morgan fingerprint density at radius 2 is 1.81 bits per heavy atom. The average molecular weight is 286 g/mol. The van der Waals surface area contributed by atoms with Gasteiger partial charge in [-0.1, -0.05) is 36.4 Å². The van der Waals surface area contributed by atoms with E-state index < -0.39 is 0 Å². The van der Waals surface area contributed by atoms with E-state index in [2.05, 4.69) is 5.32 Å². The van der Waals surface area contributed by atoms with Crippen LogP contribution >= 0.6 is 0 Å². The summed E-state index contributed by atoms with van der Waals surface area (Å²) >= 11 is 0. The highest BCUT2D eigenvalue weighted by Gasteiger charge is 2.03. The number of ether oxygens (including phenoxy) is 1. The molecule has 2 rings (SSSR count). The minimum absolute atomic E-state index is 0.161. The Labute approximate surface area is 125 Å². The predicted molar refractivity (Wildman–Crippen MR) is 85.3 cm³/mol. The maximum absolute atomic E-state index is 8.70. The van der Waals surface area contributed by atoms with Crippen LogP contribution in [0.2, 0.25) is 0 Å². The van der Waals surface area contributed by atoms with Gasteiger partial charge < -0.3 is 20.9 Å². The smallest absolute Gasteiger partial charge is 0.142 e. The molecule has 0 atom stereocenters. The van der Waals surface area contributed by atoms with Crippen molar-refractivity contribution in [1.29, 1.82) is 0 Å². The molecule has 21 heavy (non-hydrogen) atoms. The Kier molecular flexibility index (Phi) is 6.06. The summed E-state index contributed by atoms with van der Waals surface area (Å²) in [5, 5.41) is 11.8. The largest absolute Gasteiger partial charge is 0.487 e. The Balaban J connectivity index is 1.87. The van der Waals surface area contributed by atoms with Crippen LogP contribution in [0.3, 0.4) is 0 Å². The summed E-state index contributed by atoms with van der Waals surface area (Å²) in [5.41, 5.74) is 8.97. The highest BCUT2D eigenvalue weighted by Crippen LogP contribution is 2.23. The van der Waals surface area contributed by atoms with Gasteiger partial charge >= 0.3 is 0 Å². The van der Waals surface area contributed by atoms with Crippen LogP contribution in [0.1, 0.15) is 11.1 Å². The summed E-state index contributed by atoms with van der Waals surface area (Å²) < 4.78 is 5.75. The van der Waals surface area contributed by atoms with E-state index in [9.17, 15) is 0 Å². The molecule has 0 amide bonds. The van der Waals surface area contributed by atoms with Gasteiger partial charge in [0.15, 0.2) is 0 Å². The Hall–Kier alpha value is -2.04. The topological polar surface area (TPSA) is 67.5 Å². The van der Waals surface area contributed by atoms with Crippen LogP contribution in [-0.4, -0.2) is 24.8 Å². The molecule has 0 aliphatic heterocycles. The summed E-state index contributed by atoms with van der Waals surface area (Å²) in [6, 6.07) is 15.9. The molecule has 0 spiro atoms. The summed E-state index contributed by atoms with van der Waals surface area (Å²) in [4.78, 5) is 0. The zero-order valence-electron chi connectivity index (χ0n) is 12.1. The first-order valence-corrected chi connectivity index (χ1v) is 7.16. The molecule has 0 aliphatic rings. The van der Waals surface area contributed by atoms with Gasteiger partial charge in [-0.3, -0.25) is 0 Å². The van der Waals surface area contributed by atoms with Crippen LogP contribution < -0.4 is 15.8 Å². The van der Waals surface area contributed by atoms with Crippen molar-refractivity contribution < 1.29 is 9.84 Å². The lowest BCUT2D eigenvalue weighted by Crippen LogP contribution is -2.20. The molecule has 0 saturated heterocycles. The molecule has 4 nitrogen and oxygen atoms in total. The van der Waals surface area contributed by atoms with Gasteiger partial charge in [-0.25, -0.2) is 0 Å². The number of hydrogen-bond donors (Lipinski definition) is 3. The summed E-state index contributed by atoms with van der Waals surface area (Å²) in [5.74, 6) is 0.714. The molecule has 0 heterocycles.